The number of aromatic hydroxyl groups is 2. The quantitative estimate of drug-likeness (QED) is 0.292. The summed E-state index contributed by atoms with van der Waals surface area (Å²) >= 11 is 0. The van der Waals surface area contributed by atoms with Crippen LogP contribution in [0.1, 0.15) is 11.1 Å². The molecule has 0 fully saturated rings. The van der Waals surface area contributed by atoms with E-state index < -0.39 is 23.2 Å². The van der Waals surface area contributed by atoms with Crippen LogP contribution in [0.3, 0.4) is 0 Å². The molecule has 0 saturated heterocycles. The second kappa shape index (κ2) is 7.13. The minimum Gasteiger partial charge on any atom is -0.504 e. The average Bonchev–Trinajstić information content (AvgIpc) is 2.54. The Morgan fingerprint density at radius 1 is 1.00 bits per heavy atom. The van der Waals surface area contributed by atoms with Crippen LogP contribution < -0.4 is 5.32 Å². The largest absolute Gasteiger partial charge is 0.504 e. The van der Waals surface area contributed by atoms with Crippen LogP contribution in [-0.4, -0.2) is 27.2 Å². The number of carboxylic acids is 1. The Balaban J connectivity index is 2.16. The molecule has 0 bridgehead atoms. The number of carbonyl (C=O) groups is 2. The SMILES string of the molecule is O=C(O)/C(=C/c1ccc(O)c(O)c1)C(=O)NCc1ccccc1. The van der Waals surface area contributed by atoms with Crippen LogP contribution in [0.5, 0.6) is 11.5 Å². The van der Waals surface area contributed by atoms with Crippen LogP contribution in [0.2, 0.25) is 0 Å². The molecule has 2 aromatic rings. The number of benzene rings is 2. The van der Waals surface area contributed by atoms with Gasteiger partial charge in [0.1, 0.15) is 5.57 Å². The van der Waals surface area contributed by atoms with E-state index in [9.17, 15) is 24.9 Å². The number of amides is 1. The summed E-state index contributed by atoms with van der Waals surface area (Å²) in [5.41, 5.74) is 0.659. The lowest BCUT2D eigenvalue weighted by atomic mass is 10.1. The first-order chi connectivity index (χ1) is 11.0. The molecule has 2 aromatic carbocycles. The molecule has 2 rings (SSSR count). The number of hydrogen-bond acceptors (Lipinski definition) is 4. The molecule has 6 heteroatoms. The van der Waals surface area contributed by atoms with E-state index in [1.807, 2.05) is 30.3 Å². The summed E-state index contributed by atoms with van der Waals surface area (Å²) in [6.07, 6.45) is 1.13. The van der Waals surface area contributed by atoms with E-state index in [-0.39, 0.29) is 17.9 Å². The Labute approximate surface area is 132 Å². The fraction of sp³-hybridized carbons (Fsp3) is 0.0588. The summed E-state index contributed by atoms with van der Waals surface area (Å²) in [5.74, 6) is -2.85. The van der Waals surface area contributed by atoms with Crippen molar-refractivity contribution in [2.24, 2.45) is 0 Å². The van der Waals surface area contributed by atoms with Gasteiger partial charge in [0, 0.05) is 6.54 Å². The van der Waals surface area contributed by atoms with E-state index in [0.29, 0.717) is 0 Å². The maximum Gasteiger partial charge on any atom is 0.341 e. The van der Waals surface area contributed by atoms with Crippen LogP contribution in [-0.2, 0) is 16.1 Å². The Hall–Kier alpha value is -3.28. The summed E-state index contributed by atoms with van der Waals surface area (Å²) in [5, 5.41) is 30.4. The standard InChI is InChI=1S/C17H15NO5/c19-14-7-6-12(9-15(14)20)8-13(17(22)23)16(21)18-10-11-4-2-1-3-5-11/h1-9,19-20H,10H2,(H,18,21)(H,22,23)/b13-8+. The Morgan fingerprint density at radius 3 is 2.30 bits per heavy atom. The van der Waals surface area contributed by atoms with Gasteiger partial charge in [-0.15, -0.1) is 0 Å². The molecule has 23 heavy (non-hydrogen) atoms. The molecule has 1 amide bonds. The van der Waals surface area contributed by atoms with Crippen molar-refractivity contribution in [1.29, 1.82) is 0 Å². The molecule has 0 spiro atoms. The van der Waals surface area contributed by atoms with Crippen molar-refractivity contribution in [2.45, 2.75) is 6.54 Å². The summed E-state index contributed by atoms with van der Waals surface area (Å²) in [7, 11) is 0. The van der Waals surface area contributed by atoms with Crippen molar-refractivity contribution in [1.82, 2.24) is 5.32 Å². The van der Waals surface area contributed by atoms with Crippen molar-refractivity contribution in [2.75, 3.05) is 0 Å². The number of phenols is 2. The number of carbonyl (C=O) groups excluding carboxylic acids is 1. The van der Waals surface area contributed by atoms with E-state index in [0.717, 1.165) is 11.6 Å². The van der Waals surface area contributed by atoms with E-state index in [4.69, 9.17) is 0 Å². The fourth-order valence-corrected chi connectivity index (χ4v) is 1.89. The molecule has 0 radical (unpaired) electrons. The third kappa shape index (κ3) is 4.34. The maximum absolute atomic E-state index is 12.0. The number of rotatable bonds is 5. The number of aliphatic carboxylic acids is 1. The summed E-state index contributed by atoms with van der Waals surface area (Å²) in [6, 6.07) is 12.9. The van der Waals surface area contributed by atoms with Gasteiger partial charge in [0.15, 0.2) is 11.5 Å². The van der Waals surface area contributed by atoms with Gasteiger partial charge in [-0.1, -0.05) is 36.4 Å². The smallest absolute Gasteiger partial charge is 0.341 e. The van der Waals surface area contributed by atoms with E-state index in [1.54, 1.807) is 0 Å². The van der Waals surface area contributed by atoms with Gasteiger partial charge in [0.05, 0.1) is 0 Å². The monoisotopic (exact) mass is 313 g/mol. The maximum atomic E-state index is 12.0. The number of nitrogens with one attached hydrogen (secondary N) is 1. The van der Waals surface area contributed by atoms with E-state index >= 15 is 0 Å². The zero-order valence-electron chi connectivity index (χ0n) is 12.1. The first-order valence-corrected chi connectivity index (χ1v) is 6.76. The molecule has 6 nitrogen and oxygen atoms in total. The molecule has 0 aromatic heterocycles. The lowest BCUT2D eigenvalue weighted by Gasteiger charge is -2.06. The summed E-state index contributed by atoms with van der Waals surface area (Å²) in [4.78, 5) is 23.3. The predicted octanol–water partition coefficient (Wildman–Crippen LogP) is 1.88. The van der Waals surface area contributed by atoms with Gasteiger partial charge < -0.3 is 20.6 Å². The first kappa shape index (κ1) is 16.1. The molecule has 0 aliphatic carbocycles. The molecule has 0 saturated carbocycles. The van der Waals surface area contributed by atoms with Gasteiger partial charge in [0.25, 0.3) is 5.91 Å². The highest BCUT2D eigenvalue weighted by molar-refractivity contribution is 6.19. The van der Waals surface area contributed by atoms with Crippen LogP contribution in [0.25, 0.3) is 6.08 Å². The van der Waals surface area contributed by atoms with Gasteiger partial charge in [-0.05, 0) is 29.3 Å². The van der Waals surface area contributed by atoms with Crippen molar-refractivity contribution >= 4 is 18.0 Å². The minimum atomic E-state index is -1.39. The predicted molar refractivity (Wildman–Crippen MR) is 83.7 cm³/mol. The fourth-order valence-electron chi connectivity index (χ4n) is 1.89. The van der Waals surface area contributed by atoms with Gasteiger partial charge in [-0.3, -0.25) is 4.79 Å². The van der Waals surface area contributed by atoms with Gasteiger partial charge in [0.2, 0.25) is 0 Å². The van der Waals surface area contributed by atoms with Crippen molar-refractivity contribution in [3.8, 4) is 11.5 Å². The highest BCUT2D eigenvalue weighted by atomic mass is 16.4. The van der Waals surface area contributed by atoms with Crippen molar-refractivity contribution in [3.63, 3.8) is 0 Å². The van der Waals surface area contributed by atoms with E-state index in [2.05, 4.69) is 5.32 Å². The number of phenolic OH excluding ortho intramolecular Hbond substituents is 2. The zero-order valence-corrected chi connectivity index (χ0v) is 12.1. The van der Waals surface area contributed by atoms with Crippen LogP contribution in [0.4, 0.5) is 0 Å². The molecular weight excluding hydrogens is 298 g/mol. The van der Waals surface area contributed by atoms with Crippen LogP contribution >= 0.6 is 0 Å². The lowest BCUT2D eigenvalue weighted by Crippen LogP contribution is -2.27. The van der Waals surface area contributed by atoms with Crippen LogP contribution in [0.15, 0.2) is 54.1 Å². The van der Waals surface area contributed by atoms with Crippen molar-refractivity contribution < 1.29 is 24.9 Å². The second-order valence-electron chi connectivity index (χ2n) is 4.78. The summed E-state index contributed by atoms with van der Waals surface area (Å²) < 4.78 is 0. The zero-order chi connectivity index (χ0) is 16.8. The Kier molecular flexibility index (Phi) is 4.99. The molecule has 118 valence electrons. The van der Waals surface area contributed by atoms with Gasteiger partial charge in [-0.25, -0.2) is 4.79 Å². The Morgan fingerprint density at radius 2 is 1.70 bits per heavy atom. The normalized spacial score (nSPS) is 11.0. The third-order valence-electron chi connectivity index (χ3n) is 3.08. The highest BCUT2D eigenvalue weighted by Crippen LogP contribution is 2.25. The third-order valence-corrected chi connectivity index (χ3v) is 3.08. The lowest BCUT2D eigenvalue weighted by molar-refractivity contribution is -0.134. The molecular formula is C17H15NO5. The second-order valence-corrected chi connectivity index (χ2v) is 4.78. The Bertz CT molecular complexity index is 753. The van der Waals surface area contributed by atoms with Gasteiger partial charge >= 0.3 is 5.97 Å². The average molecular weight is 313 g/mol. The molecule has 0 heterocycles. The summed E-state index contributed by atoms with van der Waals surface area (Å²) in [6.45, 7) is 0.200. The topological polar surface area (TPSA) is 107 Å². The number of hydrogen-bond donors (Lipinski definition) is 4. The molecule has 0 atom stereocenters. The van der Waals surface area contributed by atoms with Crippen molar-refractivity contribution in [3.05, 3.63) is 65.2 Å². The first-order valence-electron chi connectivity index (χ1n) is 6.76. The highest BCUT2D eigenvalue weighted by Gasteiger charge is 2.17. The molecule has 0 unspecified atom stereocenters. The van der Waals surface area contributed by atoms with Crippen LogP contribution in [0, 0.1) is 0 Å². The van der Waals surface area contributed by atoms with E-state index in [1.165, 1.54) is 18.2 Å². The minimum absolute atomic E-state index is 0.200. The van der Waals surface area contributed by atoms with Gasteiger partial charge in [-0.2, -0.15) is 0 Å². The molecule has 0 aliphatic rings. The molecule has 0 aliphatic heterocycles. The molecule has 4 N–H and O–H groups in total. The number of carboxylic acid groups (broad SMARTS) is 1.